The molecular formula is C10H14O2. The van der Waals surface area contributed by atoms with Crippen LogP contribution in [0.4, 0.5) is 0 Å². The van der Waals surface area contributed by atoms with Gasteiger partial charge in [-0.3, -0.25) is 9.59 Å². The van der Waals surface area contributed by atoms with Crippen LogP contribution in [-0.4, -0.2) is 11.6 Å². The minimum atomic E-state index is -0.414. The summed E-state index contributed by atoms with van der Waals surface area (Å²) < 4.78 is 0. The molecule has 0 aromatic rings. The van der Waals surface area contributed by atoms with Crippen molar-refractivity contribution in [2.75, 3.05) is 0 Å². The van der Waals surface area contributed by atoms with Gasteiger partial charge in [-0.05, 0) is 26.3 Å². The zero-order chi connectivity index (χ0) is 9.35. The molecule has 1 aliphatic carbocycles. The van der Waals surface area contributed by atoms with Crippen LogP contribution in [0.5, 0.6) is 0 Å². The topological polar surface area (TPSA) is 34.1 Å². The first-order valence-corrected chi connectivity index (χ1v) is 4.25. The number of rotatable bonds is 1. The zero-order valence-corrected chi connectivity index (χ0v) is 7.81. The number of carbonyl (C=O) groups excluding carboxylic acids is 2. The van der Waals surface area contributed by atoms with E-state index in [2.05, 4.69) is 0 Å². The standard InChI is InChI=1S/C10H14O2/c1-4-7-5-8(11)6-9(12)10(7,2)3/h5H,4,6H2,1-3H3. The van der Waals surface area contributed by atoms with Gasteiger partial charge in [0.15, 0.2) is 5.78 Å². The summed E-state index contributed by atoms with van der Waals surface area (Å²) in [6, 6.07) is 0. The molecule has 12 heavy (non-hydrogen) atoms. The average molecular weight is 166 g/mol. The molecule has 0 saturated heterocycles. The third-order valence-electron chi connectivity index (χ3n) is 2.55. The molecule has 0 atom stereocenters. The lowest BCUT2D eigenvalue weighted by atomic mass is 9.73. The van der Waals surface area contributed by atoms with Crippen molar-refractivity contribution in [1.29, 1.82) is 0 Å². The Balaban J connectivity index is 3.08. The van der Waals surface area contributed by atoms with E-state index in [1.165, 1.54) is 0 Å². The smallest absolute Gasteiger partial charge is 0.163 e. The summed E-state index contributed by atoms with van der Waals surface area (Å²) in [4.78, 5) is 22.5. The maximum absolute atomic E-state index is 11.4. The molecular weight excluding hydrogens is 152 g/mol. The number of Topliss-reactive ketones (excluding diaryl/α,β-unsaturated/α-hetero) is 1. The fraction of sp³-hybridized carbons (Fsp3) is 0.600. The Kier molecular flexibility index (Phi) is 2.18. The molecule has 0 aliphatic heterocycles. The van der Waals surface area contributed by atoms with E-state index in [1.807, 2.05) is 20.8 Å². The van der Waals surface area contributed by atoms with Gasteiger partial charge in [-0.15, -0.1) is 0 Å². The highest BCUT2D eigenvalue weighted by atomic mass is 16.1. The number of hydrogen-bond donors (Lipinski definition) is 0. The molecule has 0 heterocycles. The summed E-state index contributed by atoms with van der Waals surface area (Å²) in [5.41, 5.74) is 0.548. The fourth-order valence-corrected chi connectivity index (χ4v) is 1.53. The molecule has 0 spiro atoms. The predicted molar refractivity (Wildman–Crippen MR) is 46.8 cm³/mol. The van der Waals surface area contributed by atoms with Gasteiger partial charge in [0.1, 0.15) is 5.78 Å². The first-order chi connectivity index (χ1) is 5.48. The molecule has 0 saturated carbocycles. The highest BCUT2D eigenvalue weighted by Gasteiger charge is 2.35. The third kappa shape index (κ3) is 1.33. The van der Waals surface area contributed by atoms with E-state index in [-0.39, 0.29) is 18.0 Å². The molecule has 1 aliphatic rings. The number of hydrogen-bond acceptors (Lipinski definition) is 2. The van der Waals surface area contributed by atoms with Crippen molar-refractivity contribution in [3.8, 4) is 0 Å². The van der Waals surface area contributed by atoms with Crippen LogP contribution in [0.25, 0.3) is 0 Å². The van der Waals surface area contributed by atoms with E-state index < -0.39 is 5.41 Å². The zero-order valence-electron chi connectivity index (χ0n) is 7.81. The van der Waals surface area contributed by atoms with Crippen molar-refractivity contribution in [1.82, 2.24) is 0 Å². The molecule has 66 valence electrons. The summed E-state index contributed by atoms with van der Waals surface area (Å²) in [5.74, 6) is 0.00280. The van der Waals surface area contributed by atoms with Crippen molar-refractivity contribution >= 4 is 11.6 Å². The molecule has 0 bridgehead atoms. The predicted octanol–water partition coefficient (Wildman–Crippen LogP) is 1.89. The normalized spacial score (nSPS) is 22.4. The third-order valence-corrected chi connectivity index (χ3v) is 2.55. The van der Waals surface area contributed by atoms with Crippen molar-refractivity contribution in [2.24, 2.45) is 5.41 Å². The van der Waals surface area contributed by atoms with E-state index in [1.54, 1.807) is 6.08 Å². The molecule has 1 rings (SSSR count). The molecule has 0 radical (unpaired) electrons. The van der Waals surface area contributed by atoms with E-state index >= 15 is 0 Å². The second-order valence-corrected chi connectivity index (χ2v) is 3.71. The Bertz CT molecular complexity index is 259. The summed E-state index contributed by atoms with van der Waals surface area (Å²) in [5, 5.41) is 0. The fourth-order valence-electron chi connectivity index (χ4n) is 1.53. The minimum absolute atomic E-state index is 0.0452. The Morgan fingerprint density at radius 3 is 2.50 bits per heavy atom. The molecule has 0 amide bonds. The first kappa shape index (κ1) is 9.17. The summed E-state index contributed by atoms with van der Waals surface area (Å²) in [6.45, 7) is 5.74. The van der Waals surface area contributed by atoms with Crippen molar-refractivity contribution in [2.45, 2.75) is 33.6 Å². The Labute approximate surface area is 72.7 Å². The molecule has 2 heteroatoms. The Morgan fingerprint density at radius 1 is 1.42 bits per heavy atom. The van der Waals surface area contributed by atoms with Gasteiger partial charge < -0.3 is 0 Å². The Morgan fingerprint density at radius 2 is 2.00 bits per heavy atom. The lowest BCUT2D eigenvalue weighted by Gasteiger charge is -2.28. The average Bonchev–Trinajstić information content (AvgIpc) is 1.97. The van der Waals surface area contributed by atoms with Gasteiger partial charge in [-0.25, -0.2) is 0 Å². The maximum atomic E-state index is 11.4. The second kappa shape index (κ2) is 2.85. The summed E-state index contributed by atoms with van der Waals surface area (Å²) in [7, 11) is 0. The quantitative estimate of drug-likeness (QED) is 0.557. The van der Waals surface area contributed by atoms with E-state index in [4.69, 9.17) is 0 Å². The monoisotopic (exact) mass is 166 g/mol. The largest absolute Gasteiger partial charge is 0.298 e. The second-order valence-electron chi connectivity index (χ2n) is 3.71. The van der Waals surface area contributed by atoms with Crippen LogP contribution in [-0.2, 0) is 9.59 Å². The number of carbonyl (C=O) groups is 2. The molecule has 0 aromatic heterocycles. The summed E-state index contributed by atoms with van der Waals surface area (Å²) in [6.07, 6.45) is 2.49. The maximum Gasteiger partial charge on any atom is 0.163 e. The van der Waals surface area contributed by atoms with Crippen LogP contribution in [0.1, 0.15) is 33.6 Å². The Hall–Kier alpha value is -0.920. The van der Waals surface area contributed by atoms with Gasteiger partial charge in [0, 0.05) is 5.41 Å². The van der Waals surface area contributed by atoms with Gasteiger partial charge in [-0.1, -0.05) is 12.5 Å². The molecule has 0 N–H and O–H groups in total. The van der Waals surface area contributed by atoms with E-state index in [9.17, 15) is 9.59 Å². The molecule has 0 fully saturated rings. The van der Waals surface area contributed by atoms with Crippen LogP contribution in [0.3, 0.4) is 0 Å². The summed E-state index contributed by atoms with van der Waals surface area (Å²) >= 11 is 0. The van der Waals surface area contributed by atoms with Crippen molar-refractivity contribution in [3.63, 3.8) is 0 Å². The van der Waals surface area contributed by atoms with Crippen molar-refractivity contribution < 1.29 is 9.59 Å². The van der Waals surface area contributed by atoms with E-state index in [0.29, 0.717) is 0 Å². The molecule has 2 nitrogen and oxygen atoms in total. The van der Waals surface area contributed by atoms with Gasteiger partial charge in [0.05, 0.1) is 6.42 Å². The van der Waals surface area contributed by atoms with Crippen LogP contribution in [0.15, 0.2) is 11.6 Å². The lowest BCUT2D eigenvalue weighted by Crippen LogP contribution is -2.32. The molecule has 0 unspecified atom stereocenters. The van der Waals surface area contributed by atoms with Crippen LogP contribution >= 0.6 is 0 Å². The SMILES string of the molecule is CCC1=CC(=O)CC(=O)C1(C)C. The number of allylic oxidation sites excluding steroid dienone is 2. The molecule has 0 aromatic carbocycles. The van der Waals surface area contributed by atoms with Crippen molar-refractivity contribution in [3.05, 3.63) is 11.6 Å². The van der Waals surface area contributed by atoms with Crippen LogP contribution < -0.4 is 0 Å². The van der Waals surface area contributed by atoms with Crippen LogP contribution in [0.2, 0.25) is 0 Å². The van der Waals surface area contributed by atoms with Gasteiger partial charge in [0.25, 0.3) is 0 Å². The van der Waals surface area contributed by atoms with Gasteiger partial charge >= 0.3 is 0 Å². The number of ketones is 2. The lowest BCUT2D eigenvalue weighted by molar-refractivity contribution is -0.130. The van der Waals surface area contributed by atoms with Gasteiger partial charge in [-0.2, -0.15) is 0 Å². The van der Waals surface area contributed by atoms with E-state index in [0.717, 1.165) is 12.0 Å². The van der Waals surface area contributed by atoms with Crippen LogP contribution in [0, 0.1) is 5.41 Å². The minimum Gasteiger partial charge on any atom is -0.298 e. The highest BCUT2D eigenvalue weighted by molar-refractivity contribution is 6.10. The van der Waals surface area contributed by atoms with Gasteiger partial charge in [0.2, 0.25) is 0 Å². The first-order valence-electron chi connectivity index (χ1n) is 4.25. The highest BCUT2D eigenvalue weighted by Crippen LogP contribution is 2.34.